The maximum atomic E-state index is 13.8. The molecule has 1 aromatic heterocycles. The molecule has 0 unspecified atom stereocenters. The SMILES string of the molecule is Fc1cc(Cl)ccc1-c1n[nH]c(=S)n1C1CC1. The number of hydrogen-bond acceptors (Lipinski definition) is 2. The first-order chi connectivity index (χ1) is 8.16. The van der Waals surface area contributed by atoms with Gasteiger partial charge in [0, 0.05) is 11.1 Å². The summed E-state index contributed by atoms with van der Waals surface area (Å²) in [5.74, 6) is 0.167. The molecule has 0 aliphatic heterocycles. The van der Waals surface area contributed by atoms with E-state index in [-0.39, 0.29) is 5.82 Å². The molecule has 0 radical (unpaired) electrons. The van der Waals surface area contributed by atoms with Crippen molar-refractivity contribution >= 4 is 23.8 Å². The summed E-state index contributed by atoms with van der Waals surface area (Å²) in [7, 11) is 0. The molecule has 0 amide bonds. The molecular formula is C11H9ClFN3S. The standard InChI is InChI=1S/C11H9ClFN3S/c12-6-1-4-8(9(13)5-6)10-14-15-11(17)16(10)7-2-3-7/h1,4-5,7H,2-3H2,(H,15,17). The van der Waals surface area contributed by atoms with Crippen LogP contribution in [0.15, 0.2) is 18.2 Å². The minimum atomic E-state index is -0.381. The van der Waals surface area contributed by atoms with E-state index in [1.807, 2.05) is 4.57 Å². The molecule has 6 heteroatoms. The molecule has 1 fully saturated rings. The highest BCUT2D eigenvalue weighted by Crippen LogP contribution is 2.38. The van der Waals surface area contributed by atoms with Crippen LogP contribution in [-0.4, -0.2) is 14.8 Å². The fraction of sp³-hybridized carbons (Fsp3) is 0.273. The number of H-pyrrole nitrogens is 1. The summed E-state index contributed by atoms with van der Waals surface area (Å²) in [6.07, 6.45) is 2.13. The first-order valence-corrected chi connectivity index (χ1v) is 6.08. The number of aromatic nitrogens is 3. The Bertz CT molecular complexity index is 630. The van der Waals surface area contributed by atoms with Crippen LogP contribution in [0.3, 0.4) is 0 Å². The molecule has 1 aliphatic rings. The smallest absolute Gasteiger partial charge is 0.195 e. The fourth-order valence-electron chi connectivity index (χ4n) is 1.84. The van der Waals surface area contributed by atoms with Crippen LogP contribution in [0.5, 0.6) is 0 Å². The van der Waals surface area contributed by atoms with Crippen LogP contribution >= 0.6 is 23.8 Å². The van der Waals surface area contributed by atoms with Crippen molar-refractivity contribution < 1.29 is 4.39 Å². The molecule has 0 spiro atoms. The van der Waals surface area contributed by atoms with Gasteiger partial charge in [0.1, 0.15) is 5.82 Å². The summed E-state index contributed by atoms with van der Waals surface area (Å²) in [6.45, 7) is 0. The zero-order chi connectivity index (χ0) is 12.0. The molecule has 1 aromatic carbocycles. The number of nitrogens with one attached hydrogen (secondary N) is 1. The molecule has 3 nitrogen and oxygen atoms in total. The normalized spacial score (nSPS) is 15.2. The molecule has 2 aromatic rings. The van der Waals surface area contributed by atoms with Crippen LogP contribution in [0, 0.1) is 10.6 Å². The van der Waals surface area contributed by atoms with E-state index in [1.165, 1.54) is 6.07 Å². The minimum absolute atomic E-state index is 0.353. The molecular weight excluding hydrogens is 261 g/mol. The molecule has 0 saturated heterocycles. The van der Waals surface area contributed by atoms with Crippen molar-refractivity contribution in [2.75, 3.05) is 0 Å². The highest BCUT2D eigenvalue weighted by molar-refractivity contribution is 7.71. The Morgan fingerprint density at radius 2 is 2.24 bits per heavy atom. The largest absolute Gasteiger partial charge is 0.297 e. The van der Waals surface area contributed by atoms with Crippen LogP contribution in [-0.2, 0) is 0 Å². The van der Waals surface area contributed by atoms with Crippen molar-refractivity contribution in [1.29, 1.82) is 0 Å². The molecule has 1 heterocycles. The van der Waals surface area contributed by atoms with Gasteiger partial charge in [0.05, 0.1) is 5.56 Å². The molecule has 17 heavy (non-hydrogen) atoms. The number of halogens is 2. The number of rotatable bonds is 2. The van der Waals surface area contributed by atoms with Gasteiger partial charge < -0.3 is 0 Å². The monoisotopic (exact) mass is 269 g/mol. The van der Waals surface area contributed by atoms with Gasteiger partial charge in [-0.2, -0.15) is 5.10 Å². The topological polar surface area (TPSA) is 33.6 Å². The summed E-state index contributed by atoms with van der Waals surface area (Å²) in [5, 5.41) is 7.19. The summed E-state index contributed by atoms with van der Waals surface area (Å²) in [6, 6.07) is 4.91. The quantitative estimate of drug-likeness (QED) is 0.843. The van der Waals surface area contributed by atoms with Gasteiger partial charge >= 0.3 is 0 Å². The predicted octanol–water partition coefficient (Wildman–Crippen LogP) is 3.74. The van der Waals surface area contributed by atoms with Gasteiger partial charge in [0.15, 0.2) is 10.6 Å². The minimum Gasteiger partial charge on any atom is -0.297 e. The van der Waals surface area contributed by atoms with Crippen LogP contribution in [0.25, 0.3) is 11.4 Å². The lowest BCUT2D eigenvalue weighted by Crippen LogP contribution is -1.99. The second-order valence-corrected chi connectivity index (χ2v) is 4.90. The second-order valence-electron chi connectivity index (χ2n) is 4.08. The van der Waals surface area contributed by atoms with Crippen molar-refractivity contribution in [1.82, 2.24) is 14.8 Å². The van der Waals surface area contributed by atoms with Gasteiger partial charge in [-0.25, -0.2) is 4.39 Å². The zero-order valence-electron chi connectivity index (χ0n) is 8.78. The predicted molar refractivity (Wildman–Crippen MR) is 66.1 cm³/mol. The van der Waals surface area contributed by atoms with Crippen molar-refractivity contribution in [2.45, 2.75) is 18.9 Å². The first-order valence-electron chi connectivity index (χ1n) is 5.29. The highest BCUT2D eigenvalue weighted by Gasteiger charge is 2.28. The maximum Gasteiger partial charge on any atom is 0.195 e. The van der Waals surface area contributed by atoms with E-state index in [9.17, 15) is 4.39 Å². The Morgan fingerprint density at radius 1 is 1.47 bits per heavy atom. The van der Waals surface area contributed by atoms with Crippen molar-refractivity contribution in [3.8, 4) is 11.4 Å². The van der Waals surface area contributed by atoms with Crippen LogP contribution < -0.4 is 0 Å². The first kappa shape index (κ1) is 10.9. The maximum absolute atomic E-state index is 13.8. The van der Waals surface area contributed by atoms with Gasteiger partial charge in [0.2, 0.25) is 0 Å². The number of benzene rings is 1. The summed E-state index contributed by atoms with van der Waals surface area (Å²) in [5.41, 5.74) is 0.425. The van der Waals surface area contributed by atoms with Gasteiger partial charge in [-0.3, -0.25) is 9.67 Å². The van der Waals surface area contributed by atoms with E-state index in [4.69, 9.17) is 23.8 Å². The lowest BCUT2D eigenvalue weighted by atomic mass is 10.2. The molecule has 0 atom stereocenters. The van der Waals surface area contributed by atoms with Gasteiger partial charge in [-0.1, -0.05) is 11.6 Å². The number of aromatic amines is 1. The third kappa shape index (κ3) is 1.89. The Kier molecular flexibility index (Phi) is 2.52. The van der Waals surface area contributed by atoms with E-state index in [0.29, 0.717) is 27.2 Å². The van der Waals surface area contributed by atoms with Crippen LogP contribution in [0.2, 0.25) is 5.02 Å². The van der Waals surface area contributed by atoms with Crippen molar-refractivity contribution in [2.24, 2.45) is 0 Å². The molecule has 88 valence electrons. The molecule has 3 rings (SSSR count). The summed E-state index contributed by atoms with van der Waals surface area (Å²) < 4.78 is 16.2. The lowest BCUT2D eigenvalue weighted by molar-refractivity contribution is 0.626. The lowest BCUT2D eigenvalue weighted by Gasteiger charge is -2.05. The average Bonchev–Trinajstić information content (AvgIpc) is 3.03. The van der Waals surface area contributed by atoms with Crippen LogP contribution in [0.4, 0.5) is 4.39 Å². The number of nitrogens with zero attached hydrogens (tertiary/aromatic N) is 2. The summed E-state index contributed by atoms with van der Waals surface area (Å²) in [4.78, 5) is 0. The Labute approximate surface area is 107 Å². The molecule has 1 saturated carbocycles. The van der Waals surface area contributed by atoms with E-state index in [1.54, 1.807) is 12.1 Å². The Hall–Kier alpha value is -1.20. The van der Waals surface area contributed by atoms with Crippen molar-refractivity contribution in [3.05, 3.63) is 33.8 Å². The summed E-state index contributed by atoms with van der Waals surface area (Å²) >= 11 is 10.9. The highest BCUT2D eigenvalue weighted by atomic mass is 35.5. The van der Waals surface area contributed by atoms with E-state index >= 15 is 0 Å². The molecule has 1 N–H and O–H groups in total. The van der Waals surface area contributed by atoms with Crippen LogP contribution in [0.1, 0.15) is 18.9 Å². The Morgan fingerprint density at radius 3 is 2.88 bits per heavy atom. The van der Waals surface area contributed by atoms with Gasteiger partial charge in [-0.15, -0.1) is 0 Å². The van der Waals surface area contributed by atoms with Crippen molar-refractivity contribution in [3.63, 3.8) is 0 Å². The number of hydrogen-bond donors (Lipinski definition) is 1. The van der Waals surface area contributed by atoms with E-state index in [2.05, 4.69) is 10.2 Å². The van der Waals surface area contributed by atoms with E-state index in [0.717, 1.165) is 12.8 Å². The average molecular weight is 270 g/mol. The molecule has 0 bridgehead atoms. The third-order valence-electron chi connectivity index (χ3n) is 2.79. The molecule has 1 aliphatic carbocycles. The zero-order valence-corrected chi connectivity index (χ0v) is 10.4. The van der Waals surface area contributed by atoms with Gasteiger partial charge in [0.25, 0.3) is 0 Å². The third-order valence-corrected chi connectivity index (χ3v) is 3.31. The van der Waals surface area contributed by atoms with E-state index < -0.39 is 0 Å². The van der Waals surface area contributed by atoms with Gasteiger partial charge in [-0.05, 0) is 43.3 Å². The Balaban J connectivity index is 2.18. The second kappa shape index (κ2) is 3.92. The fourth-order valence-corrected chi connectivity index (χ4v) is 2.28.